The van der Waals surface area contributed by atoms with Gasteiger partial charge in [-0.3, -0.25) is 0 Å². The Kier molecular flexibility index (Phi) is 2.66. The lowest BCUT2D eigenvalue weighted by Crippen LogP contribution is -2.08. The third kappa shape index (κ3) is 1.48. The summed E-state index contributed by atoms with van der Waals surface area (Å²) >= 11 is 0. The van der Waals surface area contributed by atoms with Gasteiger partial charge in [0.05, 0.1) is 19.8 Å². The van der Waals surface area contributed by atoms with Crippen LogP contribution in [0, 0.1) is 0 Å². The van der Waals surface area contributed by atoms with E-state index in [4.69, 9.17) is 14.6 Å². The average Bonchev–Trinajstić information content (AvgIpc) is 2.62. The van der Waals surface area contributed by atoms with Crippen LogP contribution in [0.5, 0.6) is 11.5 Å². The molecule has 0 aliphatic carbocycles. The molecule has 1 aliphatic heterocycles. The van der Waals surface area contributed by atoms with Crippen LogP contribution in [0.1, 0.15) is 31.1 Å². The highest BCUT2D eigenvalue weighted by atomic mass is 16.6. The molecule has 0 aromatic heterocycles. The number of aromatic carboxylic acids is 1. The molecule has 0 saturated carbocycles. The van der Waals surface area contributed by atoms with Crippen molar-refractivity contribution in [2.24, 2.45) is 0 Å². The maximum atomic E-state index is 11.5. The summed E-state index contributed by atoms with van der Waals surface area (Å²) in [5.74, 6) is -3.45. The average molecular weight is 252 g/mol. The van der Waals surface area contributed by atoms with Gasteiger partial charge in [-0.15, -0.1) is 0 Å². The van der Waals surface area contributed by atoms with E-state index in [1.807, 2.05) is 0 Å². The second-order valence-electron chi connectivity index (χ2n) is 3.39. The van der Waals surface area contributed by atoms with Crippen LogP contribution in [0.2, 0.25) is 0 Å². The van der Waals surface area contributed by atoms with Gasteiger partial charge in [-0.1, -0.05) is 0 Å². The first-order valence-corrected chi connectivity index (χ1v) is 4.80. The summed E-state index contributed by atoms with van der Waals surface area (Å²) in [6.07, 6.45) is 0. The SMILES string of the molecule is COc1cc2c(c(OC)c1C(=O)O)C(=O)OC2=O. The number of benzene rings is 1. The topological polar surface area (TPSA) is 99.1 Å². The number of esters is 2. The van der Waals surface area contributed by atoms with Gasteiger partial charge in [0.15, 0.2) is 5.75 Å². The quantitative estimate of drug-likeness (QED) is 0.624. The molecule has 7 nitrogen and oxygen atoms in total. The van der Waals surface area contributed by atoms with E-state index in [1.54, 1.807) is 0 Å². The first-order chi connectivity index (χ1) is 8.51. The molecule has 18 heavy (non-hydrogen) atoms. The van der Waals surface area contributed by atoms with Gasteiger partial charge >= 0.3 is 17.9 Å². The summed E-state index contributed by atoms with van der Waals surface area (Å²) < 4.78 is 14.2. The van der Waals surface area contributed by atoms with Crippen molar-refractivity contribution in [3.05, 3.63) is 22.8 Å². The predicted octanol–water partition coefficient (Wildman–Crippen LogP) is 0.713. The Bertz CT molecular complexity index is 573. The Morgan fingerprint density at radius 2 is 1.89 bits per heavy atom. The maximum Gasteiger partial charge on any atom is 0.350 e. The predicted molar refractivity (Wildman–Crippen MR) is 56.3 cm³/mol. The molecule has 1 N–H and O–H groups in total. The Morgan fingerprint density at radius 1 is 1.22 bits per heavy atom. The first-order valence-electron chi connectivity index (χ1n) is 4.80. The van der Waals surface area contributed by atoms with Crippen LogP contribution in [-0.2, 0) is 4.74 Å². The van der Waals surface area contributed by atoms with Crippen molar-refractivity contribution in [2.45, 2.75) is 0 Å². The van der Waals surface area contributed by atoms with Gasteiger partial charge in [-0.25, -0.2) is 14.4 Å². The van der Waals surface area contributed by atoms with Crippen molar-refractivity contribution in [3.63, 3.8) is 0 Å². The van der Waals surface area contributed by atoms with E-state index in [2.05, 4.69) is 4.74 Å². The van der Waals surface area contributed by atoms with E-state index >= 15 is 0 Å². The Labute approximate surface area is 101 Å². The van der Waals surface area contributed by atoms with E-state index in [0.29, 0.717) is 0 Å². The maximum absolute atomic E-state index is 11.5. The number of hydrogen-bond acceptors (Lipinski definition) is 6. The van der Waals surface area contributed by atoms with Gasteiger partial charge in [-0.2, -0.15) is 0 Å². The highest BCUT2D eigenvalue weighted by Crippen LogP contribution is 2.38. The number of carboxylic acid groups (broad SMARTS) is 1. The molecule has 0 unspecified atom stereocenters. The number of methoxy groups -OCH3 is 2. The molecule has 1 aromatic carbocycles. The van der Waals surface area contributed by atoms with E-state index in [1.165, 1.54) is 14.2 Å². The standard InChI is InChI=1S/C11H8O7/c1-16-5-3-4-6(11(15)18-10(4)14)8(17-2)7(5)9(12)13/h3H,1-2H3,(H,12,13). The third-order valence-electron chi connectivity index (χ3n) is 2.49. The minimum absolute atomic E-state index is 0.0706. The zero-order valence-corrected chi connectivity index (χ0v) is 9.47. The number of fused-ring (bicyclic) bond motifs is 1. The summed E-state index contributed by atoms with van der Waals surface area (Å²) in [6, 6.07) is 1.15. The number of rotatable bonds is 3. The molecule has 0 atom stereocenters. The third-order valence-corrected chi connectivity index (χ3v) is 2.49. The van der Waals surface area contributed by atoms with Crippen molar-refractivity contribution in [1.29, 1.82) is 0 Å². The van der Waals surface area contributed by atoms with Crippen molar-refractivity contribution >= 4 is 17.9 Å². The minimum atomic E-state index is -1.33. The van der Waals surface area contributed by atoms with Crippen LogP contribution < -0.4 is 9.47 Å². The summed E-state index contributed by atoms with van der Waals surface area (Å²) in [4.78, 5) is 34.0. The lowest BCUT2D eigenvalue weighted by molar-refractivity contribution is 0.0442. The van der Waals surface area contributed by atoms with Gasteiger partial charge in [0, 0.05) is 0 Å². The van der Waals surface area contributed by atoms with Crippen molar-refractivity contribution in [2.75, 3.05) is 14.2 Å². The van der Waals surface area contributed by atoms with E-state index in [-0.39, 0.29) is 28.2 Å². The molecule has 7 heteroatoms. The lowest BCUT2D eigenvalue weighted by Gasteiger charge is -2.11. The molecule has 0 bridgehead atoms. The molecular formula is C11H8O7. The number of carboxylic acids is 1. The lowest BCUT2D eigenvalue weighted by atomic mass is 10.0. The highest BCUT2D eigenvalue weighted by Gasteiger charge is 2.38. The second-order valence-corrected chi connectivity index (χ2v) is 3.39. The van der Waals surface area contributed by atoms with Crippen molar-refractivity contribution < 1.29 is 33.7 Å². The molecule has 0 spiro atoms. The molecule has 0 saturated heterocycles. The van der Waals surface area contributed by atoms with Gasteiger partial charge in [0.1, 0.15) is 16.9 Å². The summed E-state index contributed by atoms with van der Waals surface area (Å²) in [7, 11) is 2.44. The molecule has 1 aromatic rings. The Balaban J connectivity index is 2.85. The second kappa shape index (κ2) is 4.02. The molecule has 1 aliphatic rings. The smallest absolute Gasteiger partial charge is 0.350 e. The highest BCUT2D eigenvalue weighted by molar-refractivity contribution is 6.18. The molecule has 2 rings (SSSR count). The Hall–Kier alpha value is -2.57. The zero-order valence-electron chi connectivity index (χ0n) is 9.47. The van der Waals surface area contributed by atoms with E-state index in [0.717, 1.165) is 6.07 Å². The van der Waals surface area contributed by atoms with Gasteiger partial charge in [-0.05, 0) is 6.07 Å². The van der Waals surface area contributed by atoms with Crippen LogP contribution in [-0.4, -0.2) is 37.2 Å². The van der Waals surface area contributed by atoms with Gasteiger partial charge in [0.2, 0.25) is 0 Å². The normalized spacial score (nSPS) is 13.0. The summed E-state index contributed by atoms with van der Waals surface area (Å²) in [5.41, 5.74) is -0.593. The number of carbonyl (C=O) groups excluding carboxylic acids is 2. The largest absolute Gasteiger partial charge is 0.496 e. The number of ether oxygens (including phenoxy) is 3. The summed E-state index contributed by atoms with van der Waals surface area (Å²) in [5, 5.41) is 9.10. The molecule has 0 fully saturated rings. The first kappa shape index (κ1) is 11.9. The number of cyclic esters (lactones) is 2. The fraction of sp³-hybridized carbons (Fsp3) is 0.182. The molecule has 0 amide bonds. The Morgan fingerprint density at radius 3 is 2.39 bits per heavy atom. The van der Waals surface area contributed by atoms with Crippen LogP contribution in [0.25, 0.3) is 0 Å². The fourth-order valence-electron chi connectivity index (χ4n) is 1.76. The molecular weight excluding hydrogens is 244 g/mol. The molecule has 1 heterocycles. The number of carbonyl (C=O) groups is 3. The minimum Gasteiger partial charge on any atom is -0.496 e. The monoisotopic (exact) mass is 252 g/mol. The van der Waals surface area contributed by atoms with Gasteiger partial charge in [0.25, 0.3) is 0 Å². The van der Waals surface area contributed by atoms with Crippen LogP contribution in [0.3, 0.4) is 0 Å². The van der Waals surface area contributed by atoms with Gasteiger partial charge < -0.3 is 19.3 Å². The van der Waals surface area contributed by atoms with Crippen LogP contribution in [0.4, 0.5) is 0 Å². The van der Waals surface area contributed by atoms with E-state index < -0.39 is 17.9 Å². The summed E-state index contributed by atoms with van der Waals surface area (Å²) in [6.45, 7) is 0. The molecule has 0 radical (unpaired) electrons. The zero-order chi connectivity index (χ0) is 13.4. The molecule has 94 valence electrons. The fourth-order valence-corrected chi connectivity index (χ4v) is 1.76. The van der Waals surface area contributed by atoms with Crippen LogP contribution in [0.15, 0.2) is 6.07 Å². The number of hydrogen-bond donors (Lipinski definition) is 1. The van der Waals surface area contributed by atoms with Crippen LogP contribution >= 0.6 is 0 Å². The van der Waals surface area contributed by atoms with E-state index in [9.17, 15) is 14.4 Å². The van der Waals surface area contributed by atoms with Crippen molar-refractivity contribution in [1.82, 2.24) is 0 Å². The van der Waals surface area contributed by atoms with Crippen molar-refractivity contribution in [3.8, 4) is 11.5 Å².